The normalized spacial score (nSPS) is 9.61. The zero-order valence-corrected chi connectivity index (χ0v) is 10.3. The number of nitriles is 1. The Morgan fingerprint density at radius 3 is 2.94 bits per heavy atom. The van der Waals surface area contributed by atoms with Crippen LogP contribution in [0.15, 0.2) is 18.2 Å². The van der Waals surface area contributed by atoms with Gasteiger partial charge in [0.05, 0.1) is 17.8 Å². The number of hydrogen-bond donors (Lipinski definition) is 2. The van der Waals surface area contributed by atoms with E-state index >= 15 is 0 Å². The second-order valence-corrected chi connectivity index (χ2v) is 3.86. The Balaban J connectivity index is 2.48. The number of rotatable bonds is 6. The van der Waals surface area contributed by atoms with Gasteiger partial charge in [-0.25, -0.2) is 4.39 Å². The van der Waals surface area contributed by atoms with Crippen molar-refractivity contribution in [2.24, 2.45) is 0 Å². The molecule has 0 radical (unpaired) electrons. The third-order valence-corrected chi connectivity index (χ3v) is 2.39. The predicted octanol–water partition coefficient (Wildman–Crippen LogP) is 2.03. The van der Waals surface area contributed by atoms with Gasteiger partial charge in [0.1, 0.15) is 11.9 Å². The first-order chi connectivity index (χ1) is 8.67. The third kappa shape index (κ3) is 4.42. The van der Waals surface area contributed by atoms with Crippen molar-refractivity contribution >= 4 is 11.6 Å². The van der Waals surface area contributed by atoms with Gasteiger partial charge < -0.3 is 10.6 Å². The Hall–Kier alpha value is -2.09. The van der Waals surface area contributed by atoms with E-state index in [1.807, 2.05) is 13.0 Å². The van der Waals surface area contributed by atoms with E-state index in [1.54, 1.807) is 0 Å². The fourth-order valence-corrected chi connectivity index (χ4v) is 1.41. The summed E-state index contributed by atoms with van der Waals surface area (Å²) in [6, 6.07) is 5.71. The van der Waals surface area contributed by atoms with Crippen LogP contribution in [0.4, 0.5) is 10.1 Å². The molecule has 4 nitrogen and oxygen atoms in total. The minimum Gasteiger partial charge on any atom is -0.375 e. The summed E-state index contributed by atoms with van der Waals surface area (Å²) in [4.78, 5) is 11.4. The van der Waals surface area contributed by atoms with Gasteiger partial charge in [0.2, 0.25) is 5.91 Å². The summed E-state index contributed by atoms with van der Waals surface area (Å²) in [6.45, 7) is 2.76. The van der Waals surface area contributed by atoms with E-state index < -0.39 is 5.82 Å². The van der Waals surface area contributed by atoms with Crippen LogP contribution in [0.1, 0.15) is 25.3 Å². The first-order valence-electron chi connectivity index (χ1n) is 5.87. The van der Waals surface area contributed by atoms with Crippen molar-refractivity contribution < 1.29 is 9.18 Å². The highest BCUT2D eigenvalue weighted by molar-refractivity contribution is 5.81. The van der Waals surface area contributed by atoms with Crippen LogP contribution in [-0.2, 0) is 4.79 Å². The van der Waals surface area contributed by atoms with Crippen molar-refractivity contribution in [2.75, 3.05) is 18.4 Å². The topological polar surface area (TPSA) is 64.9 Å². The molecule has 0 aliphatic carbocycles. The lowest BCUT2D eigenvalue weighted by molar-refractivity contribution is -0.119. The molecule has 0 atom stereocenters. The van der Waals surface area contributed by atoms with Gasteiger partial charge in [0.25, 0.3) is 0 Å². The second-order valence-electron chi connectivity index (χ2n) is 3.86. The molecule has 1 aromatic carbocycles. The summed E-state index contributed by atoms with van der Waals surface area (Å²) in [6.07, 6.45) is 1.95. The maximum atomic E-state index is 12.9. The van der Waals surface area contributed by atoms with E-state index in [9.17, 15) is 9.18 Å². The molecule has 2 N–H and O–H groups in total. The van der Waals surface area contributed by atoms with Crippen LogP contribution in [0.2, 0.25) is 0 Å². The molecule has 1 rings (SSSR count). The van der Waals surface area contributed by atoms with Gasteiger partial charge in [0.15, 0.2) is 0 Å². The third-order valence-electron chi connectivity index (χ3n) is 2.39. The van der Waals surface area contributed by atoms with E-state index in [-0.39, 0.29) is 18.0 Å². The van der Waals surface area contributed by atoms with Crippen molar-refractivity contribution in [2.45, 2.75) is 19.8 Å². The highest BCUT2D eigenvalue weighted by Gasteiger charge is 2.05. The number of carbonyl (C=O) groups is 1. The minimum absolute atomic E-state index is 0.0734. The van der Waals surface area contributed by atoms with Gasteiger partial charge in [-0.2, -0.15) is 5.26 Å². The molecule has 0 saturated carbocycles. The average Bonchev–Trinajstić information content (AvgIpc) is 2.37. The number of hydrogen-bond acceptors (Lipinski definition) is 3. The molecule has 1 aromatic rings. The molecule has 0 unspecified atom stereocenters. The summed E-state index contributed by atoms with van der Waals surface area (Å²) in [5.74, 6) is -0.610. The Morgan fingerprint density at radius 2 is 2.28 bits per heavy atom. The molecule has 0 fully saturated rings. The molecule has 0 aliphatic heterocycles. The first kappa shape index (κ1) is 14.0. The molecule has 0 spiro atoms. The predicted molar refractivity (Wildman–Crippen MR) is 67.5 cm³/mol. The van der Waals surface area contributed by atoms with E-state index in [0.29, 0.717) is 12.2 Å². The Labute approximate surface area is 106 Å². The standard InChI is InChI=1S/C13H16FN3O/c1-2-3-6-16-13(18)9-17-12-5-4-11(14)7-10(12)8-15/h4-5,7,17H,2-3,6,9H2,1H3,(H,16,18). The zero-order valence-electron chi connectivity index (χ0n) is 10.3. The van der Waals surface area contributed by atoms with Crippen LogP contribution in [0, 0.1) is 17.1 Å². The summed E-state index contributed by atoms with van der Waals surface area (Å²) >= 11 is 0. The molecule has 0 bridgehead atoms. The molecular formula is C13H16FN3O. The molecule has 0 heterocycles. The summed E-state index contributed by atoms with van der Waals surface area (Å²) in [5.41, 5.74) is 0.654. The second kappa shape index (κ2) is 7.28. The lowest BCUT2D eigenvalue weighted by Crippen LogP contribution is -2.30. The van der Waals surface area contributed by atoms with Gasteiger partial charge in [-0.15, -0.1) is 0 Å². The van der Waals surface area contributed by atoms with Gasteiger partial charge in [0, 0.05) is 6.54 Å². The molecule has 0 saturated heterocycles. The number of carbonyl (C=O) groups excluding carboxylic acids is 1. The smallest absolute Gasteiger partial charge is 0.239 e. The van der Waals surface area contributed by atoms with Gasteiger partial charge in [-0.05, 0) is 24.6 Å². The van der Waals surface area contributed by atoms with E-state index in [4.69, 9.17) is 5.26 Å². The molecule has 1 amide bonds. The summed E-state index contributed by atoms with van der Waals surface area (Å²) in [7, 11) is 0. The summed E-state index contributed by atoms with van der Waals surface area (Å²) in [5, 5.41) is 14.4. The van der Waals surface area contributed by atoms with Crippen molar-refractivity contribution in [1.29, 1.82) is 5.26 Å². The molecule has 5 heteroatoms. The van der Waals surface area contributed by atoms with Crippen LogP contribution in [-0.4, -0.2) is 19.0 Å². The van der Waals surface area contributed by atoms with Crippen molar-refractivity contribution in [3.63, 3.8) is 0 Å². The lowest BCUT2D eigenvalue weighted by Gasteiger charge is -2.08. The molecule has 0 aliphatic rings. The van der Waals surface area contributed by atoms with Crippen molar-refractivity contribution in [3.8, 4) is 6.07 Å². The zero-order chi connectivity index (χ0) is 13.4. The monoisotopic (exact) mass is 249 g/mol. The number of unbranched alkanes of at least 4 members (excludes halogenated alkanes) is 1. The maximum absolute atomic E-state index is 12.9. The quantitative estimate of drug-likeness (QED) is 0.758. The highest BCUT2D eigenvalue weighted by atomic mass is 19.1. The Bertz CT molecular complexity index is 454. The van der Waals surface area contributed by atoms with Gasteiger partial charge in [-0.3, -0.25) is 4.79 Å². The number of anilines is 1. The number of halogens is 1. The van der Waals surface area contributed by atoms with Crippen molar-refractivity contribution in [3.05, 3.63) is 29.6 Å². The summed E-state index contributed by atoms with van der Waals surface area (Å²) < 4.78 is 12.9. The van der Waals surface area contributed by atoms with Gasteiger partial charge in [-0.1, -0.05) is 13.3 Å². The number of amides is 1. The average molecular weight is 249 g/mol. The minimum atomic E-state index is -0.468. The van der Waals surface area contributed by atoms with Crippen LogP contribution in [0.3, 0.4) is 0 Å². The molecule has 0 aromatic heterocycles. The largest absolute Gasteiger partial charge is 0.375 e. The van der Waals surface area contributed by atoms with Gasteiger partial charge >= 0.3 is 0 Å². The molecule has 96 valence electrons. The van der Waals surface area contributed by atoms with Crippen LogP contribution < -0.4 is 10.6 Å². The molecule has 18 heavy (non-hydrogen) atoms. The van der Waals surface area contributed by atoms with Crippen LogP contribution in [0.5, 0.6) is 0 Å². The Kier molecular flexibility index (Phi) is 5.65. The van der Waals surface area contributed by atoms with E-state index in [2.05, 4.69) is 10.6 Å². The highest BCUT2D eigenvalue weighted by Crippen LogP contribution is 2.15. The van der Waals surface area contributed by atoms with E-state index in [1.165, 1.54) is 12.1 Å². The SMILES string of the molecule is CCCCNC(=O)CNc1ccc(F)cc1C#N. The van der Waals surface area contributed by atoms with E-state index in [0.717, 1.165) is 18.9 Å². The van der Waals surface area contributed by atoms with Crippen molar-refractivity contribution in [1.82, 2.24) is 5.32 Å². The number of benzene rings is 1. The fraction of sp³-hybridized carbons (Fsp3) is 0.385. The maximum Gasteiger partial charge on any atom is 0.239 e. The van der Waals surface area contributed by atoms with Crippen LogP contribution >= 0.6 is 0 Å². The molecular weight excluding hydrogens is 233 g/mol. The number of nitrogens with one attached hydrogen (secondary N) is 2. The number of nitrogens with zero attached hydrogens (tertiary/aromatic N) is 1. The Morgan fingerprint density at radius 1 is 1.50 bits per heavy atom. The first-order valence-corrected chi connectivity index (χ1v) is 5.87. The lowest BCUT2D eigenvalue weighted by atomic mass is 10.2. The fourth-order valence-electron chi connectivity index (χ4n) is 1.41. The van der Waals surface area contributed by atoms with Crippen LogP contribution in [0.25, 0.3) is 0 Å².